The van der Waals surface area contributed by atoms with Gasteiger partial charge in [-0.3, -0.25) is 4.98 Å². The van der Waals surface area contributed by atoms with E-state index in [9.17, 15) is 0 Å². The average Bonchev–Trinajstić information content (AvgIpc) is 3.25. The summed E-state index contributed by atoms with van der Waals surface area (Å²) in [5.74, 6) is 2.17. The molecule has 1 fully saturated rings. The molecular weight excluding hydrogens is 427 g/mol. The molecule has 1 aromatic heterocycles. The van der Waals surface area contributed by atoms with E-state index < -0.39 is 0 Å². The van der Waals surface area contributed by atoms with E-state index in [0.717, 1.165) is 52.6 Å². The molecular formula is C26H24Cl2N2O. The Morgan fingerprint density at radius 2 is 1.71 bits per heavy atom. The van der Waals surface area contributed by atoms with Crippen molar-refractivity contribution in [3.63, 3.8) is 0 Å². The fraction of sp³-hybridized carbons (Fsp3) is 0.192. The first-order chi connectivity index (χ1) is 14.7. The molecule has 0 spiro atoms. The molecule has 2 heterocycles. The van der Waals surface area contributed by atoms with E-state index in [1.807, 2.05) is 48.5 Å². The van der Waals surface area contributed by atoms with Crippen LogP contribution in [0.25, 0.3) is 10.9 Å². The maximum absolute atomic E-state index is 6.08. The minimum Gasteiger partial charge on any atom is -0.457 e. The minimum atomic E-state index is 0. The van der Waals surface area contributed by atoms with E-state index >= 15 is 0 Å². The number of para-hydroxylation sites is 1. The molecule has 31 heavy (non-hydrogen) atoms. The zero-order valence-electron chi connectivity index (χ0n) is 17.3. The van der Waals surface area contributed by atoms with Crippen LogP contribution in [0.1, 0.15) is 23.6 Å². The molecule has 0 radical (unpaired) electrons. The fourth-order valence-corrected chi connectivity index (χ4v) is 4.38. The molecule has 0 saturated carbocycles. The molecule has 1 saturated heterocycles. The summed E-state index contributed by atoms with van der Waals surface area (Å²) in [6, 6.07) is 26.5. The van der Waals surface area contributed by atoms with Crippen LogP contribution in [0, 0.1) is 6.92 Å². The second-order valence-electron chi connectivity index (χ2n) is 7.86. The van der Waals surface area contributed by atoms with Crippen molar-refractivity contribution in [3.05, 3.63) is 95.1 Å². The van der Waals surface area contributed by atoms with Gasteiger partial charge in [0.05, 0.1) is 5.52 Å². The predicted octanol–water partition coefficient (Wildman–Crippen LogP) is 7.40. The lowest BCUT2D eigenvalue weighted by molar-refractivity contribution is 0.483. The molecule has 3 nitrogen and oxygen atoms in total. The van der Waals surface area contributed by atoms with Gasteiger partial charge in [0.2, 0.25) is 0 Å². The number of benzene rings is 3. The molecule has 158 valence electrons. The molecule has 0 N–H and O–H groups in total. The Morgan fingerprint density at radius 1 is 0.935 bits per heavy atom. The third-order valence-electron chi connectivity index (χ3n) is 5.74. The lowest BCUT2D eigenvalue weighted by Gasteiger charge is -2.22. The number of rotatable bonds is 4. The highest BCUT2D eigenvalue weighted by Crippen LogP contribution is 2.37. The van der Waals surface area contributed by atoms with E-state index in [4.69, 9.17) is 21.3 Å². The summed E-state index contributed by atoms with van der Waals surface area (Å²) in [6.07, 6.45) is 1.13. The van der Waals surface area contributed by atoms with Gasteiger partial charge in [0.1, 0.15) is 11.5 Å². The largest absolute Gasteiger partial charge is 0.457 e. The first-order valence-electron chi connectivity index (χ1n) is 10.3. The molecule has 0 aliphatic carbocycles. The maximum Gasteiger partial charge on any atom is 0.128 e. The normalized spacial score (nSPS) is 15.7. The standard InChI is InChI=1S/C26H23ClN2O.ClH/c1-18-15-26(29-14-13-20(17-29)19-7-9-21(27)10-8-19)24-16-23(11-12-25(24)28-18)30-22-5-3-2-4-6-22;/h2-12,15-16,20H,13-14,17H2,1H3;1H. The summed E-state index contributed by atoms with van der Waals surface area (Å²) in [5.41, 5.74) is 4.61. The molecule has 1 atom stereocenters. The van der Waals surface area contributed by atoms with Crippen LogP contribution in [-0.2, 0) is 0 Å². The van der Waals surface area contributed by atoms with E-state index in [2.05, 4.69) is 42.2 Å². The Balaban J connectivity index is 0.00000231. The van der Waals surface area contributed by atoms with Gasteiger partial charge in [-0.15, -0.1) is 12.4 Å². The first kappa shape index (κ1) is 21.5. The van der Waals surface area contributed by atoms with Gasteiger partial charge in [0.15, 0.2) is 0 Å². The number of nitrogens with zero attached hydrogens (tertiary/aromatic N) is 2. The van der Waals surface area contributed by atoms with Crippen LogP contribution in [0.3, 0.4) is 0 Å². The summed E-state index contributed by atoms with van der Waals surface area (Å²) in [7, 11) is 0. The van der Waals surface area contributed by atoms with Crippen molar-refractivity contribution in [3.8, 4) is 11.5 Å². The third kappa shape index (κ3) is 4.63. The summed E-state index contributed by atoms with van der Waals surface area (Å²) in [6.45, 7) is 4.07. The molecule has 0 bridgehead atoms. The quantitative estimate of drug-likeness (QED) is 0.323. The number of aromatic nitrogens is 1. The van der Waals surface area contributed by atoms with Gasteiger partial charge in [-0.05, 0) is 67.4 Å². The maximum atomic E-state index is 6.08. The predicted molar refractivity (Wildman–Crippen MR) is 131 cm³/mol. The number of fused-ring (bicyclic) bond motifs is 1. The van der Waals surface area contributed by atoms with Crippen molar-refractivity contribution in [1.82, 2.24) is 4.98 Å². The van der Waals surface area contributed by atoms with Crippen molar-refractivity contribution >= 4 is 40.6 Å². The van der Waals surface area contributed by atoms with Crippen molar-refractivity contribution < 1.29 is 4.74 Å². The van der Waals surface area contributed by atoms with E-state index in [-0.39, 0.29) is 12.4 Å². The van der Waals surface area contributed by atoms with Crippen LogP contribution < -0.4 is 9.64 Å². The smallest absolute Gasteiger partial charge is 0.128 e. The number of hydrogen-bond donors (Lipinski definition) is 0. The number of ether oxygens (including phenoxy) is 1. The molecule has 0 amide bonds. The number of halogens is 2. The lowest BCUT2D eigenvalue weighted by atomic mass is 9.99. The molecule has 4 aromatic rings. The Bertz CT molecular complexity index is 1180. The fourth-order valence-electron chi connectivity index (χ4n) is 4.25. The number of anilines is 1. The SMILES string of the molecule is Cc1cc(N2CCC(c3ccc(Cl)cc3)C2)c2cc(Oc3ccccc3)ccc2n1.Cl. The Morgan fingerprint density at radius 3 is 2.48 bits per heavy atom. The number of hydrogen-bond acceptors (Lipinski definition) is 3. The minimum absolute atomic E-state index is 0. The summed E-state index contributed by atoms with van der Waals surface area (Å²) in [4.78, 5) is 7.22. The highest BCUT2D eigenvalue weighted by molar-refractivity contribution is 6.30. The van der Waals surface area contributed by atoms with Gasteiger partial charge in [-0.1, -0.05) is 41.9 Å². The van der Waals surface area contributed by atoms with Crippen LogP contribution in [0.15, 0.2) is 78.9 Å². The Kier molecular flexibility index (Phi) is 6.35. The highest BCUT2D eigenvalue weighted by atomic mass is 35.5. The van der Waals surface area contributed by atoms with E-state index in [1.54, 1.807) is 0 Å². The van der Waals surface area contributed by atoms with Crippen molar-refractivity contribution in [1.29, 1.82) is 0 Å². The van der Waals surface area contributed by atoms with Gasteiger partial charge in [0, 0.05) is 40.8 Å². The van der Waals surface area contributed by atoms with Crippen molar-refractivity contribution in [2.75, 3.05) is 18.0 Å². The van der Waals surface area contributed by atoms with Gasteiger partial charge in [-0.2, -0.15) is 0 Å². The summed E-state index contributed by atoms with van der Waals surface area (Å²) in [5, 5.41) is 1.92. The lowest BCUT2D eigenvalue weighted by Crippen LogP contribution is -2.19. The Labute approximate surface area is 194 Å². The van der Waals surface area contributed by atoms with Crippen LogP contribution in [0.5, 0.6) is 11.5 Å². The summed E-state index contributed by atoms with van der Waals surface area (Å²) < 4.78 is 6.08. The van der Waals surface area contributed by atoms with Gasteiger partial charge >= 0.3 is 0 Å². The molecule has 5 rings (SSSR count). The topological polar surface area (TPSA) is 25.4 Å². The number of pyridine rings is 1. The van der Waals surface area contributed by atoms with E-state index in [0.29, 0.717) is 5.92 Å². The van der Waals surface area contributed by atoms with Crippen molar-refractivity contribution in [2.45, 2.75) is 19.3 Å². The Hall–Kier alpha value is -2.75. The van der Waals surface area contributed by atoms with Crippen LogP contribution >= 0.6 is 24.0 Å². The monoisotopic (exact) mass is 450 g/mol. The third-order valence-corrected chi connectivity index (χ3v) is 5.99. The molecule has 1 aliphatic rings. The first-order valence-corrected chi connectivity index (χ1v) is 10.7. The molecule has 1 unspecified atom stereocenters. The zero-order valence-corrected chi connectivity index (χ0v) is 18.9. The number of aryl methyl sites for hydroxylation is 1. The summed E-state index contributed by atoms with van der Waals surface area (Å²) >= 11 is 6.07. The second kappa shape index (κ2) is 9.17. The second-order valence-corrected chi connectivity index (χ2v) is 8.30. The molecule has 3 aromatic carbocycles. The average molecular weight is 451 g/mol. The van der Waals surface area contributed by atoms with Gasteiger partial charge in [0.25, 0.3) is 0 Å². The van der Waals surface area contributed by atoms with Crippen LogP contribution in [-0.4, -0.2) is 18.1 Å². The van der Waals surface area contributed by atoms with Gasteiger partial charge < -0.3 is 9.64 Å². The zero-order chi connectivity index (χ0) is 20.5. The highest BCUT2D eigenvalue weighted by Gasteiger charge is 2.25. The van der Waals surface area contributed by atoms with Crippen LogP contribution in [0.2, 0.25) is 5.02 Å². The van der Waals surface area contributed by atoms with E-state index in [1.165, 1.54) is 11.3 Å². The van der Waals surface area contributed by atoms with Crippen LogP contribution in [0.4, 0.5) is 5.69 Å². The molecule has 1 aliphatic heterocycles. The van der Waals surface area contributed by atoms with Crippen molar-refractivity contribution in [2.24, 2.45) is 0 Å². The van der Waals surface area contributed by atoms with Gasteiger partial charge in [-0.25, -0.2) is 0 Å². The molecule has 5 heteroatoms.